The van der Waals surface area contributed by atoms with E-state index in [9.17, 15) is 19.7 Å². The largest absolute Gasteiger partial charge is 0.477 e. The molecule has 0 saturated carbocycles. The summed E-state index contributed by atoms with van der Waals surface area (Å²) in [4.78, 5) is 37.5. The maximum absolute atomic E-state index is 12.9. The predicted octanol–water partition coefficient (Wildman–Crippen LogP) is 3.48. The molecule has 152 valence electrons. The first-order chi connectivity index (χ1) is 14.0. The number of nitro groups is 1. The number of nitrogens with zero attached hydrogens (tertiary/aromatic N) is 2. The van der Waals surface area contributed by atoms with Crippen molar-refractivity contribution >= 4 is 23.2 Å². The van der Waals surface area contributed by atoms with Crippen LogP contribution in [-0.4, -0.2) is 41.3 Å². The molecule has 0 spiro atoms. The van der Waals surface area contributed by atoms with E-state index in [2.05, 4.69) is 12.2 Å². The molecular formula is C21H23N3O5. The minimum absolute atomic E-state index is 0.0134. The van der Waals surface area contributed by atoms with E-state index in [0.29, 0.717) is 30.3 Å². The van der Waals surface area contributed by atoms with Crippen LogP contribution < -0.4 is 10.1 Å². The predicted molar refractivity (Wildman–Crippen MR) is 108 cm³/mol. The second-order valence-electron chi connectivity index (χ2n) is 7.08. The molecule has 29 heavy (non-hydrogen) atoms. The van der Waals surface area contributed by atoms with E-state index >= 15 is 0 Å². The van der Waals surface area contributed by atoms with Gasteiger partial charge in [-0.15, -0.1) is 0 Å². The van der Waals surface area contributed by atoms with Gasteiger partial charge in [0.1, 0.15) is 0 Å². The normalized spacial score (nSPS) is 14.3. The molecule has 8 heteroatoms. The van der Waals surface area contributed by atoms with E-state index in [1.807, 2.05) is 0 Å². The third-order valence-corrected chi connectivity index (χ3v) is 4.92. The molecule has 1 saturated heterocycles. The van der Waals surface area contributed by atoms with Gasteiger partial charge >= 0.3 is 5.69 Å². The quantitative estimate of drug-likeness (QED) is 0.594. The van der Waals surface area contributed by atoms with Gasteiger partial charge < -0.3 is 15.0 Å². The lowest BCUT2D eigenvalue weighted by Crippen LogP contribution is -2.38. The van der Waals surface area contributed by atoms with Gasteiger partial charge in [-0.3, -0.25) is 19.7 Å². The number of likely N-dealkylation sites (tertiary alicyclic amines) is 1. The number of hydrogen-bond donors (Lipinski definition) is 1. The Morgan fingerprint density at radius 1 is 1.14 bits per heavy atom. The molecule has 1 heterocycles. The van der Waals surface area contributed by atoms with Crippen molar-refractivity contribution in [1.82, 2.24) is 4.90 Å². The molecule has 1 N–H and O–H groups in total. The summed E-state index contributed by atoms with van der Waals surface area (Å²) >= 11 is 0. The summed E-state index contributed by atoms with van der Waals surface area (Å²) < 4.78 is 5.31. The van der Waals surface area contributed by atoms with Crippen molar-refractivity contribution in [3.8, 4) is 5.75 Å². The molecular weight excluding hydrogens is 374 g/mol. The van der Waals surface area contributed by atoms with Crippen LogP contribution in [0.25, 0.3) is 0 Å². The first kappa shape index (κ1) is 20.3. The highest BCUT2D eigenvalue weighted by Crippen LogP contribution is 2.26. The van der Waals surface area contributed by atoms with Gasteiger partial charge in [0.15, 0.2) is 12.4 Å². The second-order valence-corrected chi connectivity index (χ2v) is 7.08. The first-order valence-corrected chi connectivity index (χ1v) is 9.50. The van der Waals surface area contributed by atoms with Crippen LogP contribution in [0.3, 0.4) is 0 Å². The number of benzene rings is 2. The van der Waals surface area contributed by atoms with E-state index in [1.54, 1.807) is 35.2 Å². The highest BCUT2D eigenvalue weighted by molar-refractivity contribution is 6.04. The van der Waals surface area contributed by atoms with Crippen molar-refractivity contribution in [3.05, 3.63) is 64.2 Å². The smallest absolute Gasteiger partial charge is 0.310 e. The summed E-state index contributed by atoms with van der Waals surface area (Å²) in [7, 11) is 0. The molecule has 1 aliphatic rings. The van der Waals surface area contributed by atoms with Crippen molar-refractivity contribution in [2.24, 2.45) is 5.92 Å². The maximum Gasteiger partial charge on any atom is 0.310 e. The van der Waals surface area contributed by atoms with E-state index in [1.165, 1.54) is 18.2 Å². The second kappa shape index (κ2) is 9.18. The molecule has 8 nitrogen and oxygen atoms in total. The van der Waals surface area contributed by atoms with Gasteiger partial charge in [0, 0.05) is 19.2 Å². The number of carbonyl (C=O) groups is 2. The molecule has 0 radical (unpaired) electrons. The Morgan fingerprint density at radius 3 is 2.52 bits per heavy atom. The highest BCUT2D eigenvalue weighted by atomic mass is 16.6. The SMILES string of the molecule is CC1CCN(C(=O)c2ccccc2NC(=O)COc2ccccc2[N+](=O)[O-])CC1. The standard InChI is InChI=1S/C21H23N3O5/c1-15-10-12-23(13-11-15)21(26)16-6-2-3-7-17(16)22-20(25)14-29-19-9-5-4-8-18(19)24(27)28/h2-9,15H,10-14H2,1H3,(H,22,25). The van der Waals surface area contributed by atoms with Crippen LogP contribution in [0.2, 0.25) is 0 Å². The van der Waals surface area contributed by atoms with E-state index < -0.39 is 17.4 Å². The lowest BCUT2D eigenvalue weighted by molar-refractivity contribution is -0.385. The van der Waals surface area contributed by atoms with Gasteiger partial charge in [0.25, 0.3) is 11.8 Å². The van der Waals surface area contributed by atoms with Crippen LogP contribution in [0.1, 0.15) is 30.1 Å². The van der Waals surface area contributed by atoms with Gasteiger partial charge in [0.05, 0.1) is 16.2 Å². The monoisotopic (exact) mass is 397 g/mol. The van der Waals surface area contributed by atoms with E-state index in [0.717, 1.165) is 12.8 Å². The van der Waals surface area contributed by atoms with Gasteiger partial charge in [-0.05, 0) is 37.0 Å². The Balaban J connectivity index is 1.65. The van der Waals surface area contributed by atoms with Gasteiger partial charge in [-0.25, -0.2) is 0 Å². The number of carbonyl (C=O) groups excluding carboxylic acids is 2. The van der Waals surface area contributed by atoms with Crippen LogP contribution in [0, 0.1) is 16.0 Å². The molecule has 0 aliphatic carbocycles. The summed E-state index contributed by atoms with van der Waals surface area (Å²) in [5.41, 5.74) is 0.601. The average Bonchev–Trinajstić information content (AvgIpc) is 2.73. The maximum atomic E-state index is 12.9. The van der Waals surface area contributed by atoms with Crippen LogP contribution in [0.5, 0.6) is 5.75 Å². The third kappa shape index (κ3) is 5.10. The number of anilines is 1. The molecule has 2 amide bonds. The lowest BCUT2D eigenvalue weighted by atomic mass is 9.98. The zero-order chi connectivity index (χ0) is 20.8. The molecule has 1 aliphatic heterocycles. The van der Waals surface area contributed by atoms with Crippen LogP contribution >= 0.6 is 0 Å². The Bertz CT molecular complexity index is 907. The van der Waals surface area contributed by atoms with Gasteiger partial charge in [-0.1, -0.05) is 31.2 Å². The van der Waals surface area contributed by atoms with Crippen molar-refractivity contribution in [1.29, 1.82) is 0 Å². The molecule has 2 aromatic carbocycles. The summed E-state index contributed by atoms with van der Waals surface area (Å²) in [5, 5.41) is 13.7. The molecule has 0 unspecified atom stereocenters. The zero-order valence-electron chi connectivity index (χ0n) is 16.2. The van der Waals surface area contributed by atoms with Crippen LogP contribution in [0.15, 0.2) is 48.5 Å². The molecule has 3 rings (SSSR count). The van der Waals surface area contributed by atoms with Crippen LogP contribution in [0.4, 0.5) is 11.4 Å². The first-order valence-electron chi connectivity index (χ1n) is 9.50. The number of piperidine rings is 1. The molecule has 2 aromatic rings. The molecule has 0 aromatic heterocycles. The van der Waals surface area contributed by atoms with Crippen molar-refractivity contribution < 1.29 is 19.2 Å². The van der Waals surface area contributed by atoms with E-state index in [4.69, 9.17) is 4.74 Å². The lowest BCUT2D eigenvalue weighted by Gasteiger charge is -2.30. The van der Waals surface area contributed by atoms with Gasteiger partial charge in [0.2, 0.25) is 0 Å². The summed E-state index contributed by atoms with van der Waals surface area (Å²) in [6.45, 7) is 3.16. The Kier molecular flexibility index (Phi) is 6.43. The summed E-state index contributed by atoms with van der Waals surface area (Å²) in [5.74, 6) is -0.00396. The third-order valence-electron chi connectivity index (χ3n) is 4.92. The Labute approximate surface area is 168 Å². The number of rotatable bonds is 6. The molecule has 0 atom stereocenters. The summed E-state index contributed by atoms with van der Waals surface area (Å²) in [6.07, 6.45) is 1.92. The molecule has 1 fully saturated rings. The van der Waals surface area contributed by atoms with Crippen molar-refractivity contribution in [2.45, 2.75) is 19.8 Å². The zero-order valence-corrected chi connectivity index (χ0v) is 16.2. The Morgan fingerprint density at radius 2 is 1.79 bits per heavy atom. The molecule has 0 bridgehead atoms. The highest BCUT2D eigenvalue weighted by Gasteiger charge is 2.24. The van der Waals surface area contributed by atoms with Crippen molar-refractivity contribution in [2.75, 3.05) is 25.0 Å². The number of nitrogens with one attached hydrogen (secondary N) is 1. The topological polar surface area (TPSA) is 102 Å². The van der Waals surface area contributed by atoms with Gasteiger partial charge in [-0.2, -0.15) is 0 Å². The Hall–Kier alpha value is -3.42. The minimum atomic E-state index is -0.569. The number of hydrogen-bond acceptors (Lipinski definition) is 5. The number of para-hydroxylation sites is 3. The summed E-state index contributed by atoms with van der Waals surface area (Å²) in [6, 6.07) is 12.7. The number of nitro benzene ring substituents is 1. The fourth-order valence-electron chi connectivity index (χ4n) is 3.22. The number of amides is 2. The average molecular weight is 397 g/mol. The fraction of sp³-hybridized carbons (Fsp3) is 0.333. The number of ether oxygens (including phenoxy) is 1. The van der Waals surface area contributed by atoms with Crippen LogP contribution in [-0.2, 0) is 4.79 Å². The van der Waals surface area contributed by atoms with Crippen molar-refractivity contribution in [3.63, 3.8) is 0 Å². The minimum Gasteiger partial charge on any atom is -0.477 e. The fourth-order valence-corrected chi connectivity index (χ4v) is 3.22. The van der Waals surface area contributed by atoms with E-state index in [-0.39, 0.29) is 17.3 Å².